The van der Waals surface area contributed by atoms with Crippen LogP contribution in [0.3, 0.4) is 0 Å². The number of para-hydroxylation sites is 1. The number of aromatic nitrogens is 2. The van der Waals surface area contributed by atoms with Crippen LogP contribution in [0.1, 0.15) is 36.1 Å². The summed E-state index contributed by atoms with van der Waals surface area (Å²) >= 11 is 13.3. The van der Waals surface area contributed by atoms with Crippen LogP contribution in [0.4, 0.5) is 5.82 Å². The Hall–Kier alpha value is -3.80. The molecule has 0 radical (unpaired) electrons. The maximum Gasteiger partial charge on any atom is 0.164 e. The molecule has 0 amide bonds. The Morgan fingerprint density at radius 3 is 2.47 bits per heavy atom. The molecule has 2 aliphatic rings. The van der Waals surface area contributed by atoms with Gasteiger partial charge in [-0.1, -0.05) is 91.1 Å². The largest absolute Gasteiger partial charge is 0.497 e. The summed E-state index contributed by atoms with van der Waals surface area (Å²) in [5.74, 6) is 2.13. The van der Waals surface area contributed by atoms with E-state index >= 15 is 0 Å². The fraction of sp³-hybridized carbons (Fsp3) is 0.161. The molecule has 3 heterocycles. The average Bonchev–Trinajstić information content (AvgIpc) is 3.32. The highest BCUT2D eigenvalue weighted by atomic mass is 35.5. The second kappa shape index (κ2) is 10.2. The molecular formula is C31H26Cl2N4O. The monoisotopic (exact) mass is 540 g/mol. The smallest absolute Gasteiger partial charge is 0.164 e. The van der Waals surface area contributed by atoms with Gasteiger partial charge in [0.25, 0.3) is 0 Å². The molecule has 1 atom stereocenters. The van der Waals surface area contributed by atoms with Crippen molar-refractivity contribution >= 4 is 34.9 Å². The van der Waals surface area contributed by atoms with Gasteiger partial charge in [0.05, 0.1) is 34.5 Å². The van der Waals surface area contributed by atoms with E-state index in [0.29, 0.717) is 15.9 Å². The summed E-state index contributed by atoms with van der Waals surface area (Å²) in [4.78, 5) is 7.11. The van der Waals surface area contributed by atoms with E-state index in [2.05, 4.69) is 37.3 Å². The molecule has 0 spiro atoms. The Morgan fingerprint density at radius 1 is 0.947 bits per heavy atom. The van der Waals surface area contributed by atoms with Gasteiger partial charge < -0.3 is 9.64 Å². The van der Waals surface area contributed by atoms with Gasteiger partial charge >= 0.3 is 0 Å². The Kier molecular flexibility index (Phi) is 6.56. The van der Waals surface area contributed by atoms with E-state index < -0.39 is 0 Å². The summed E-state index contributed by atoms with van der Waals surface area (Å²) in [7, 11) is 1.67. The number of nitrogens with zero attached hydrogens (tertiary/aromatic N) is 4. The van der Waals surface area contributed by atoms with E-state index in [1.54, 1.807) is 13.2 Å². The van der Waals surface area contributed by atoms with Crippen molar-refractivity contribution in [2.75, 3.05) is 7.11 Å². The third-order valence-corrected chi connectivity index (χ3v) is 7.31. The number of aliphatic imine (C=N–C) groups is 1. The number of benzene rings is 3. The number of methoxy groups -OCH3 is 1. The molecule has 0 aliphatic carbocycles. The summed E-state index contributed by atoms with van der Waals surface area (Å²) in [6.07, 6.45) is 5.75. The zero-order valence-corrected chi connectivity index (χ0v) is 22.6. The summed E-state index contributed by atoms with van der Waals surface area (Å²) in [6, 6.07) is 26.5. The van der Waals surface area contributed by atoms with E-state index in [-0.39, 0.29) is 6.04 Å². The van der Waals surface area contributed by atoms with Crippen molar-refractivity contribution in [3.63, 3.8) is 0 Å². The molecule has 1 unspecified atom stereocenters. The maximum atomic E-state index is 6.74. The molecule has 0 saturated heterocycles. The molecule has 0 saturated carbocycles. The van der Waals surface area contributed by atoms with Crippen LogP contribution in [0.5, 0.6) is 5.75 Å². The first-order valence-corrected chi connectivity index (χ1v) is 13.4. The van der Waals surface area contributed by atoms with Crippen molar-refractivity contribution in [2.24, 2.45) is 4.99 Å². The molecule has 6 rings (SSSR count). The van der Waals surface area contributed by atoms with Crippen molar-refractivity contribution in [3.05, 3.63) is 118 Å². The number of rotatable bonds is 6. The molecule has 7 heteroatoms. The lowest BCUT2D eigenvalue weighted by molar-refractivity contribution is 0.410. The fourth-order valence-electron chi connectivity index (χ4n) is 5.09. The molecule has 38 heavy (non-hydrogen) atoms. The minimum atomic E-state index is -0.286. The van der Waals surface area contributed by atoms with Crippen LogP contribution in [0.2, 0.25) is 0 Å². The number of aryl methyl sites for hydroxylation is 1. The predicted molar refractivity (Wildman–Crippen MR) is 155 cm³/mol. The van der Waals surface area contributed by atoms with E-state index in [1.807, 2.05) is 64.3 Å². The first-order valence-electron chi connectivity index (χ1n) is 12.6. The van der Waals surface area contributed by atoms with E-state index in [9.17, 15) is 0 Å². The molecule has 2 aliphatic heterocycles. The van der Waals surface area contributed by atoms with Crippen LogP contribution in [0.25, 0.3) is 16.9 Å². The standard InChI is InChI=1S/C31H26Cl2N4O/c1-3-8-20-13-15-21(16-14-20)28-27-29(22-9-7-12-25(17-22)38-2)36-19-23(32)18-26(33)30(36)34-31(27)37(35-28)24-10-5-4-6-11-24/h4-7,9-19,29H,3,8H2,1-2H3. The summed E-state index contributed by atoms with van der Waals surface area (Å²) in [6.45, 7) is 2.19. The number of hydrogen-bond acceptors (Lipinski definition) is 4. The molecule has 1 aromatic heterocycles. The predicted octanol–water partition coefficient (Wildman–Crippen LogP) is 8.15. The Morgan fingerprint density at radius 2 is 1.74 bits per heavy atom. The van der Waals surface area contributed by atoms with Crippen LogP contribution in [0.15, 0.2) is 106 Å². The number of ether oxygens (including phenoxy) is 1. The summed E-state index contributed by atoms with van der Waals surface area (Å²) in [5, 5.41) is 6.17. The molecule has 0 fully saturated rings. The lowest BCUT2D eigenvalue weighted by Crippen LogP contribution is -2.35. The SMILES string of the molecule is CCCc1ccc(-c2nn(-c3ccccc3)c3c2C(c2cccc(OC)c2)N2C=C(Cl)C=C(Cl)C2=N3)cc1. The summed E-state index contributed by atoms with van der Waals surface area (Å²) in [5.41, 5.74) is 6.10. The lowest BCUT2D eigenvalue weighted by atomic mass is 9.92. The Bertz CT molecular complexity index is 1590. The zero-order valence-electron chi connectivity index (χ0n) is 21.1. The first-order chi connectivity index (χ1) is 18.6. The van der Waals surface area contributed by atoms with Crippen molar-refractivity contribution in [2.45, 2.75) is 25.8 Å². The molecular weight excluding hydrogens is 515 g/mol. The van der Waals surface area contributed by atoms with E-state index in [0.717, 1.165) is 52.5 Å². The van der Waals surface area contributed by atoms with Gasteiger partial charge in [-0.25, -0.2) is 9.67 Å². The van der Waals surface area contributed by atoms with E-state index in [1.165, 1.54) is 5.56 Å². The first kappa shape index (κ1) is 24.5. The highest BCUT2D eigenvalue weighted by molar-refractivity contribution is 6.45. The van der Waals surface area contributed by atoms with Crippen LogP contribution in [0, 0.1) is 0 Å². The highest BCUT2D eigenvalue weighted by Crippen LogP contribution is 2.48. The second-order valence-electron chi connectivity index (χ2n) is 9.31. The van der Waals surface area contributed by atoms with Crippen molar-refractivity contribution < 1.29 is 4.74 Å². The fourth-order valence-corrected chi connectivity index (χ4v) is 5.61. The molecule has 4 aromatic rings. The van der Waals surface area contributed by atoms with Gasteiger partial charge in [0.1, 0.15) is 11.4 Å². The molecule has 0 bridgehead atoms. The van der Waals surface area contributed by atoms with Crippen molar-refractivity contribution in [3.8, 4) is 22.7 Å². The Labute approximate surface area is 232 Å². The van der Waals surface area contributed by atoms with Crippen molar-refractivity contribution in [1.82, 2.24) is 14.7 Å². The second-order valence-corrected chi connectivity index (χ2v) is 10.2. The van der Waals surface area contributed by atoms with Gasteiger partial charge in [0.2, 0.25) is 0 Å². The number of fused-ring (bicyclic) bond motifs is 2. The topological polar surface area (TPSA) is 42.6 Å². The number of allylic oxidation sites excluding steroid dienone is 2. The van der Waals surface area contributed by atoms with Crippen LogP contribution in [-0.2, 0) is 6.42 Å². The van der Waals surface area contributed by atoms with E-state index in [4.69, 9.17) is 38.0 Å². The zero-order chi connectivity index (χ0) is 26.2. The maximum absolute atomic E-state index is 6.74. The molecule has 5 nitrogen and oxygen atoms in total. The van der Waals surface area contributed by atoms with Crippen LogP contribution >= 0.6 is 23.2 Å². The highest BCUT2D eigenvalue weighted by Gasteiger charge is 2.39. The third-order valence-electron chi connectivity index (χ3n) is 6.82. The number of amidine groups is 1. The molecule has 190 valence electrons. The van der Waals surface area contributed by atoms with Gasteiger partial charge in [0, 0.05) is 11.8 Å². The van der Waals surface area contributed by atoms with Gasteiger partial charge in [-0.05, 0) is 47.9 Å². The van der Waals surface area contributed by atoms with Crippen molar-refractivity contribution in [1.29, 1.82) is 0 Å². The van der Waals surface area contributed by atoms with Gasteiger partial charge in [0.15, 0.2) is 11.7 Å². The van der Waals surface area contributed by atoms with Crippen LogP contribution in [-0.4, -0.2) is 27.6 Å². The van der Waals surface area contributed by atoms with Gasteiger partial charge in [-0.3, -0.25) is 0 Å². The summed E-state index contributed by atoms with van der Waals surface area (Å²) < 4.78 is 7.50. The van der Waals surface area contributed by atoms with Gasteiger partial charge in [-0.2, -0.15) is 5.10 Å². The minimum absolute atomic E-state index is 0.286. The molecule has 0 N–H and O–H groups in total. The lowest BCUT2D eigenvalue weighted by Gasteiger charge is -2.37. The average molecular weight is 541 g/mol. The number of halogens is 2. The number of hydrogen-bond donors (Lipinski definition) is 0. The molecule has 3 aromatic carbocycles. The quantitative estimate of drug-likeness (QED) is 0.247. The third kappa shape index (κ3) is 4.32. The normalized spacial score (nSPS) is 16.3. The van der Waals surface area contributed by atoms with Crippen LogP contribution < -0.4 is 4.74 Å². The van der Waals surface area contributed by atoms with Gasteiger partial charge in [-0.15, -0.1) is 0 Å². The Balaban J connectivity index is 1.65. The minimum Gasteiger partial charge on any atom is -0.497 e.